The van der Waals surface area contributed by atoms with Crippen LogP contribution in [0.15, 0.2) is 28.5 Å². The van der Waals surface area contributed by atoms with E-state index in [0.29, 0.717) is 37.0 Å². The molecular weight excluding hydrogens is 421 g/mol. The van der Waals surface area contributed by atoms with Gasteiger partial charge in [0, 0.05) is 23.5 Å². The molecule has 1 aliphatic rings. The van der Waals surface area contributed by atoms with E-state index in [2.05, 4.69) is 9.71 Å². The van der Waals surface area contributed by atoms with Crippen LogP contribution in [0.5, 0.6) is 0 Å². The van der Waals surface area contributed by atoms with Gasteiger partial charge in [-0.3, -0.25) is 9.52 Å². The number of nitrogens with zero attached hydrogens (tertiary/aromatic N) is 2. The predicted molar refractivity (Wildman–Crippen MR) is 100 cm³/mol. The van der Waals surface area contributed by atoms with Crippen LogP contribution in [0.2, 0.25) is 10.0 Å². The standard InChI is InChI=1S/C15H15Cl2N3O4S2/c16-10-1-2-13(12(17)7-10)26(22,23)19-15-18-11(9-25-15)8-14(21)20-3-5-24-6-4-20/h1-2,7,9H,3-6,8H2,(H,18,19). The minimum Gasteiger partial charge on any atom is -0.378 e. The summed E-state index contributed by atoms with van der Waals surface area (Å²) in [7, 11) is -3.90. The van der Waals surface area contributed by atoms with Crippen LogP contribution in [-0.4, -0.2) is 50.5 Å². The van der Waals surface area contributed by atoms with Crippen LogP contribution < -0.4 is 4.72 Å². The fourth-order valence-corrected chi connectivity index (χ4v) is 5.11. The van der Waals surface area contributed by atoms with Gasteiger partial charge in [0.1, 0.15) is 4.90 Å². The molecule has 1 amide bonds. The lowest BCUT2D eigenvalue weighted by atomic mass is 10.3. The first-order chi connectivity index (χ1) is 12.3. The molecule has 0 saturated carbocycles. The predicted octanol–water partition coefficient (Wildman–Crippen LogP) is 2.65. The number of benzene rings is 1. The van der Waals surface area contributed by atoms with Gasteiger partial charge in [-0.1, -0.05) is 23.2 Å². The normalized spacial score (nSPS) is 15.1. The van der Waals surface area contributed by atoms with Crippen molar-refractivity contribution in [2.24, 2.45) is 0 Å². The molecule has 0 spiro atoms. The van der Waals surface area contributed by atoms with Gasteiger partial charge in [0.25, 0.3) is 10.0 Å². The largest absolute Gasteiger partial charge is 0.378 e. The van der Waals surface area contributed by atoms with E-state index >= 15 is 0 Å². The summed E-state index contributed by atoms with van der Waals surface area (Å²) < 4.78 is 32.5. The van der Waals surface area contributed by atoms with E-state index in [1.165, 1.54) is 18.2 Å². The van der Waals surface area contributed by atoms with E-state index in [0.717, 1.165) is 11.3 Å². The number of carbonyl (C=O) groups is 1. The molecule has 3 rings (SSSR count). The molecule has 140 valence electrons. The number of amides is 1. The lowest BCUT2D eigenvalue weighted by molar-refractivity contribution is -0.134. The van der Waals surface area contributed by atoms with E-state index in [-0.39, 0.29) is 27.4 Å². The summed E-state index contributed by atoms with van der Waals surface area (Å²) in [6.45, 7) is 2.15. The molecule has 0 unspecified atom stereocenters. The Balaban J connectivity index is 1.68. The minimum absolute atomic E-state index is 0.0178. The van der Waals surface area contributed by atoms with Gasteiger partial charge in [-0.2, -0.15) is 0 Å². The number of nitrogens with one attached hydrogen (secondary N) is 1. The molecule has 1 aromatic carbocycles. The first-order valence-corrected chi connectivity index (χ1v) is 10.7. The number of carbonyl (C=O) groups excluding carboxylic acids is 1. The van der Waals surface area contributed by atoms with Crippen LogP contribution in [0.3, 0.4) is 0 Å². The quantitative estimate of drug-likeness (QED) is 0.779. The van der Waals surface area contributed by atoms with E-state index in [4.69, 9.17) is 27.9 Å². The molecule has 1 aromatic heterocycles. The maximum absolute atomic E-state index is 12.5. The van der Waals surface area contributed by atoms with Crippen molar-refractivity contribution in [2.45, 2.75) is 11.3 Å². The number of ether oxygens (including phenoxy) is 1. The molecule has 0 aliphatic carbocycles. The molecule has 1 aliphatic heterocycles. The summed E-state index contributed by atoms with van der Waals surface area (Å²) in [5, 5.41) is 2.18. The number of hydrogen-bond donors (Lipinski definition) is 1. The number of anilines is 1. The summed E-state index contributed by atoms with van der Waals surface area (Å²) in [5.41, 5.74) is 0.506. The summed E-state index contributed by atoms with van der Waals surface area (Å²) in [5.74, 6) is -0.0613. The minimum atomic E-state index is -3.90. The first kappa shape index (κ1) is 19.4. The highest BCUT2D eigenvalue weighted by Gasteiger charge is 2.21. The van der Waals surface area contributed by atoms with Crippen LogP contribution in [0.1, 0.15) is 5.69 Å². The van der Waals surface area contributed by atoms with E-state index in [9.17, 15) is 13.2 Å². The Morgan fingerprint density at radius 1 is 1.31 bits per heavy atom. The number of halogens is 2. The number of rotatable bonds is 5. The second-order valence-electron chi connectivity index (χ2n) is 5.49. The smallest absolute Gasteiger partial charge is 0.265 e. The molecule has 0 radical (unpaired) electrons. The summed E-state index contributed by atoms with van der Waals surface area (Å²) in [4.78, 5) is 18.0. The molecule has 7 nitrogen and oxygen atoms in total. The van der Waals surface area contributed by atoms with Gasteiger partial charge in [0.15, 0.2) is 5.13 Å². The fourth-order valence-electron chi connectivity index (χ4n) is 2.38. The third kappa shape index (κ3) is 4.66. The fraction of sp³-hybridized carbons (Fsp3) is 0.333. The van der Waals surface area contributed by atoms with Crippen LogP contribution in [0.4, 0.5) is 5.13 Å². The van der Waals surface area contributed by atoms with Gasteiger partial charge in [-0.05, 0) is 18.2 Å². The third-order valence-corrected chi connectivity index (χ3v) is 6.65. The average molecular weight is 436 g/mol. The van der Waals surface area contributed by atoms with Crippen molar-refractivity contribution in [3.63, 3.8) is 0 Å². The Labute approximate surface area is 164 Å². The third-order valence-electron chi connectivity index (χ3n) is 3.65. The highest BCUT2D eigenvalue weighted by molar-refractivity contribution is 7.93. The van der Waals surface area contributed by atoms with Gasteiger partial charge in [-0.15, -0.1) is 11.3 Å². The van der Waals surface area contributed by atoms with Crippen molar-refractivity contribution >= 4 is 55.6 Å². The number of morpholine rings is 1. The average Bonchev–Trinajstić information content (AvgIpc) is 3.01. The Kier molecular flexibility index (Phi) is 6.03. The van der Waals surface area contributed by atoms with Crippen LogP contribution in [0.25, 0.3) is 0 Å². The Hall–Kier alpha value is -1.39. The topological polar surface area (TPSA) is 88.6 Å². The second-order valence-corrected chi connectivity index (χ2v) is 8.85. The molecular formula is C15H15Cl2N3O4S2. The highest BCUT2D eigenvalue weighted by Crippen LogP contribution is 2.27. The second kappa shape index (κ2) is 8.10. The van der Waals surface area contributed by atoms with Gasteiger partial charge in [-0.25, -0.2) is 13.4 Å². The summed E-state index contributed by atoms with van der Waals surface area (Å²) in [6.07, 6.45) is 0.111. The van der Waals surface area contributed by atoms with Crippen molar-refractivity contribution < 1.29 is 17.9 Å². The Bertz CT molecular complexity index is 911. The van der Waals surface area contributed by atoms with Crippen molar-refractivity contribution in [3.8, 4) is 0 Å². The van der Waals surface area contributed by atoms with E-state index in [1.807, 2.05) is 0 Å². The van der Waals surface area contributed by atoms with Crippen LogP contribution >= 0.6 is 34.5 Å². The van der Waals surface area contributed by atoms with Crippen molar-refractivity contribution in [1.29, 1.82) is 0 Å². The maximum atomic E-state index is 12.5. The van der Waals surface area contributed by atoms with Gasteiger partial charge >= 0.3 is 0 Å². The number of aromatic nitrogens is 1. The van der Waals surface area contributed by atoms with Crippen LogP contribution in [0, 0.1) is 0 Å². The van der Waals surface area contributed by atoms with E-state index < -0.39 is 10.0 Å². The monoisotopic (exact) mass is 435 g/mol. The molecule has 2 heterocycles. The van der Waals surface area contributed by atoms with Crippen molar-refractivity contribution in [1.82, 2.24) is 9.88 Å². The molecule has 0 bridgehead atoms. The molecule has 1 fully saturated rings. The lowest BCUT2D eigenvalue weighted by Gasteiger charge is -2.26. The molecule has 1 N–H and O–H groups in total. The molecule has 2 aromatic rings. The lowest BCUT2D eigenvalue weighted by Crippen LogP contribution is -2.41. The number of thiazole rings is 1. The highest BCUT2D eigenvalue weighted by atomic mass is 35.5. The Morgan fingerprint density at radius 3 is 2.73 bits per heavy atom. The summed E-state index contributed by atoms with van der Waals surface area (Å²) >= 11 is 12.9. The SMILES string of the molecule is O=C(Cc1csc(NS(=O)(=O)c2ccc(Cl)cc2Cl)n1)N1CCOCC1. The summed E-state index contributed by atoms with van der Waals surface area (Å²) in [6, 6.07) is 4.12. The number of sulfonamides is 1. The first-order valence-electron chi connectivity index (χ1n) is 7.63. The number of hydrogen-bond acceptors (Lipinski definition) is 6. The zero-order valence-electron chi connectivity index (χ0n) is 13.4. The van der Waals surface area contributed by atoms with Crippen LogP contribution in [-0.2, 0) is 26.0 Å². The van der Waals surface area contributed by atoms with Crippen molar-refractivity contribution in [2.75, 3.05) is 31.0 Å². The maximum Gasteiger partial charge on any atom is 0.265 e. The molecule has 1 saturated heterocycles. The molecule has 0 atom stereocenters. The molecule has 26 heavy (non-hydrogen) atoms. The van der Waals surface area contributed by atoms with Gasteiger partial charge < -0.3 is 9.64 Å². The van der Waals surface area contributed by atoms with Gasteiger partial charge in [0.2, 0.25) is 5.91 Å². The zero-order valence-corrected chi connectivity index (χ0v) is 16.6. The Morgan fingerprint density at radius 2 is 2.04 bits per heavy atom. The zero-order chi connectivity index (χ0) is 18.7. The molecule has 11 heteroatoms. The van der Waals surface area contributed by atoms with Crippen molar-refractivity contribution in [3.05, 3.63) is 39.3 Å². The van der Waals surface area contributed by atoms with Gasteiger partial charge in [0.05, 0.1) is 30.4 Å². The van der Waals surface area contributed by atoms with E-state index in [1.54, 1.807) is 10.3 Å².